The van der Waals surface area contributed by atoms with Gasteiger partial charge in [0, 0.05) is 0 Å². The van der Waals surface area contributed by atoms with Gasteiger partial charge in [0.05, 0.1) is 17.5 Å². The monoisotopic (exact) mass is 346 g/mol. The zero-order chi connectivity index (χ0) is 18.2. The van der Waals surface area contributed by atoms with Crippen LogP contribution in [0.1, 0.15) is 21.5 Å². The van der Waals surface area contributed by atoms with Crippen molar-refractivity contribution in [2.75, 3.05) is 5.43 Å². The Morgan fingerprint density at radius 2 is 1.77 bits per heavy atom. The van der Waals surface area contributed by atoms with Gasteiger partial charge in [-0.05, 0) is 47.5 Å². The van der Waals surface area contributed by atoms with E-state index in [1.165, 1.54) is 12.1 Å². The number of nitrogens with one attached hydrogen (secondary N) is 1. The number of aromatic carboxylic acids is 1. The molecule has 2 N–H and O–H groups in total. The van der Waals surface area contributed by atoms with Crippen molar-refractivity contribution < 1.29 is 14.6 Å². The predicted molar refractivity (Wildman–Crippen MR) is 102 cm³/mol. The van der Waals surface area contributed by atoms with E-state index < -0.39 is 5.97 Å². The van der Waals surface area contributed by atoms with Crippen LogP contribution in [0.25, 0.3) is 0 Å². The molecule has 26 heavy (non-hydrogen) atoms. The molecule has 0 aliphatic carbocycles. The Kier molecular flexibility index (Phi) is 5.62. The number of carboxylic acid groups (broad SMARTS) is 1. The first kappa shape index (κ1) is 17.2. The van der Waals surface area contributed by atoms with Gasteiger partial charge < -0.3 is 9.84 Å². The van der Waals surface area contributed by atoms with E-state index in [4.69, 9.17) is 9.84 Å². The van der Waals surface area contributed by atoms with Crippen LogP contribution in [-0.4, -0.2) is 17.3 Å². The minimum atomic E-state index is -0.952. The SMILES string of the molecule is O=C(O)c1ccc(NN=Cc2cccc(OCc3ccccc3)c2)cc1. The van der Waals surface area contributed by atoms with Crippen molar-refractivity contribution in [3.63, 3.8) is 0 Å². The van der Waals surface area contributed by atoms with Gasteiger partial charge in [-0.1, -0.05) is 42.5 Å². The van der Waals surface area contributed by atoms with Gasteiger partial charge in [-0.2, -0.15) is 5.10 Å². The Labute approximate surface area is 151 Å². The molecule has 130 valence electrons. The first-order valence-corrected chi connectivity index (χ1v) is 8.10. The van der Waals surface area contributed by atoms with Crippen LogP contribution in [0.2, 0.25) is 0 Å². The van der Waals surface area contributed by atoms with Gasteiger partial charge in [-0.3, -0.25) is 5.43 Å². The molecule has 0 radical (unpaired) electrons. The lowest BCUT2D eigenvalue weighted by Gasteiger charge is -2.07. The molecule has 0 aliphatic rings. The molecule has 0 heterocycles. The minimum Gasteiger partial charge on any atom is -0.489 e. The molecule has 0 amide bonds. The average molecular weight is 346 g/mol. The number of rotatable bonds is 7. The topological polar surface area (TPSA) is 70.9 Å². The van der Waals surface area contributed by atoms with Crippen LogP contribution in [0, 0.1) is 0 Å². The van der Waals surface area contributed by atoms with Gasteiger partial charge in [0.15, 0.2) is 0 Å². The first-order valence-electron chi connectivity index (χ1n) is 8.10. The van der Waals surface area contributed by atoms with Crippen molar-refractivity contribution >= 4 is 17.9 Å². The van der Waals surface area contributed by atoms with Crippen molar-refractivity contribution in [2.45, 2.75) is 6.61 Å². The number of hydrazone groups is 1. The van der Waals surface area contributed by atoms with Crippen LogP contribution in [0.15, 0.2) is 84.0 Å². The maximum Gasteiger partial charge on any atom is 0.335 e. The minimum absolute atomic E-state index is 0.239. The lowest BCUT2D eigenvalue weighted by molar-refractivity contribution is 0.0697. The van der Waals surface area contributed by atoms with E-state index in [9.17, 15) is 4.79 Å². The average Bonchev–Trinajstić information content (AvgIpc) is 2.68. The number of benzene rings is 3. The van der Waals surface area contributed by atoms with Crippen molar-refractivity contribution in [3.05, 3.63) is 95.6 Å². The van der Waals surface area contributed by atoms with E-state index in [1.54, 1.807) is 18.3 Å². The molecule has 3 aromatic rings. The highest BCUT2D eigenvalue weighted by molar-refractivity contribution is 5.88. The highest BCUT2D eigenvalue weighted by Gasteiger charge is 2.01. The molecule has 5 nitrogen and oxygen atoms in total. The Morgan fingerprint density at radius 3 is 2.50 bits per heavy atom. The van der Waals surface area contributed by atoms with Crippen molar-refractivity contribution in [1.29, 1.82) is 0 Å². The molecule has 0 fully saturated rings. The van der Waals surface area contributed by atoms with Gasteiger partial charge in [0.2, 0.25) is 0 Å². The molecule has 0 atom stereocenters. The zero-order valence-electron chi connectivity index (χ0n) is 14.0. The lowest BCUT2D eigenvalue weighted by Crippen LogP contribution is -1.97. The van der Waals surface area contributed by atoms with Gasteiger partial charge in [0.25, 0.3) is 0 Å². The van der Waals surface area contributed by atoms with Gasteiger partial charge >= 0.3 is 5.97 Å². The molecular weight excluding hydrogens is 328 g/mol. The Balaban J connectivity index is 1.57. The fourth-order valence-corrected chi connectivity index (χ4v) is 2.29. The summed E-state index contributed by atoms with van der Waals surface area (Å²) in [6.07, 6.45) is 1.68. The Morgan fingerprint density at radius 1 is 1.00 bits per heavy atom. The van der Waals surface area contributed by atoms with Crippen LogP contribution < -0.4 is 10.2 Å². The summed E-state index contributed by atoms with van der Waals surface area (Å²) in [5.74, 6) is -0.184. The Bertz CT molecular complexity index is 891. The maximum atomic E-state index is 10.8. The summed E-state index contributed by atoms with van der Waals surface area (Å²) in [6.45, 7) is 0.510. The smallest absolute Gasteiger partial charge is 0.335 e. The third-order valence-electron chi connectivity index (χ3n) is 3.65. The first-order chi connectivity index (χ1) is 12.7. The standard InChI is InChI=1S/C21H18N2O3/c24-21(25)18-9-11-19(12-10-18)23-22-14-17-7-4-8-20(13-17)26-15-16-5-2-1-3-6-16/h1-14,23H,15H2,(H,24,25). The molecular formula is C21H18N2O3. The summed E-state index contributed by atoms with van der Waals surface area (Å²) in [6, 6.07) is 24.0. The normalized spacial score (nSPS) is 10.6. The van der Waals surface area contributed by atoms with E-state index in [0.29, 0.717) is 12.3 Å². The molecule has 0 saturated heterocycles. The number of hydrogen-bond donors (Lipinski definition) is 2. The highest BCUT2D eigenvalue weighted by atomic mass is 16.5. The molecule has 0 aliphatic heterocycles. The van der Waals surface area contributed by atoms with Crippen LogP contribution in [0.4, 0.5) is 5.69 Å². The quantitative estimate of drug-likeness (QED) is 0.491. The number of nitrogens with zero attached hydrogens (tertiary/aromatic N) is 1. The fourth-order valence-electron chi connectivity index (χ4n) is 2.29. The molecule has 0 unspecified atom stereocenters. The van der Waals surface area contributed by atoms with Crippen molar-refractivity contribution in [1.82, 2.24) is 0 Å². The summed E-state index contributed by atoms with van der Waals surface area (Å²) in [4.78, 5) is 10.8. The number of anilines is 1. The van der Waals surface area contributed by atoms with Crippen LogP contribution in [0.5, 0.6) is 5.75 Å². The molecule has 3 rings (SSSR count). The summed E-state index contributed by atoms with van der Waals surface area (Å²) >= 11 is 0. The highest BCUT2D eigenvalue weighted by Crippen LogP contribution is 2.15. The summed E-state index contributed by atoms with van der Waals surface area (Å²) in [5.41, 5.74) is 5.82. The molecule has 0 spiro atoms. The molecule has 0 aromatic heterocycles. The summed E-state index contributed by atoms with van der Waals surface area (Å²) in [5, 5.41) is 13.0. The van der Waals surface area contributed by atoms with Gasteiger partial charge in [-0.25, -0.2) is 4.79 Å². The third kappa shape index (κ3) is 4.95. The lowest BCUT2D eigenvalue weighted by atomic mass is 10.2. The second kappa shape index (κ2) is 8.48. The largest absolute Gasteiger partial charge is 0.489 e. The van der Waals surface area contributed by atoms with Crippen molar-refractivity contribution in [3.8, 4) is 5.75 Å². The van der Waals surface area contributed by atoms with Crippen LogP contribution in [0.3, 0.4) is 0 Å². The summed E-state index contributed by atoms with van der Waals surface area (Å²) < 4.78 is 5.80. The molecule has 0 saturated carbocycles. The van der Waals surface area contributed by atoms with Crippen molar-refractivity contribution in [2.24, 2.45) is 5.10 Å². The number of carbonyl (C=O) groups is 1. The second-order valence-corrected chi connectivity index (χ2v) is 5.60. The third-order valence-corrected chi connectivity index (χ3v) is 3.65. The fraction of sp³-hybridized carbons (Fsp3) is 0.0476. The van der Waals surface area contributed by atoms with Crippen LogP contribution in [-0.2, 0) is 6.61 Å². The second-order valence-electron chi connectivity index (χ2n) is 5.60. The van der Waals surface area contributed by atoms with E-state index in [0.717, 1.165) is 16.9 Å². The number of ether oxygens (including phenoxy) is 1. The summed E-state index contributed by atoms with van der Waals surface area (Å²) in [7, 11) is 0. The van der Waals surface area contributed by atoms with Gasteiger partial charge in [0.1, 0.15) is 12.4 Å². The molecule has 0 bridgehead atoms. The molecule has 3 aromatic carbocycles. The van der Waals surface area contributed by atoms with E-state index in [2.05, 4.69) is 10.5 Å². The van der Waals surface area contributed by atoms with E-state index in [-0.39, 0.29) is 5.56 Å². The number of hydrogen-bond acceptors (Lipinski definition) is 4. The van der Waals surface area contributed by atoms with E-state index >= 15 is 0 Å². The maximum absolute atomic E-state index is 10.8. The van der Waals surface area contributed by atoms with Gasteiger partial charge in [-0.15, -0.1) is 0 Å². The molecule has 5 heteroatoms. The van der Waals surface area contributed by atoms with Crippen LogP contribution >= 0.6 is 0 Å². The number of carboxylic acids is 1. The zero-order valence-corrected chi connectivity index (χ0v) is 14.0. The van der Waals surface area contributed by atoms with E-state index in [1.807, 2.05) is 54.6 Å². The predicted octanol–water partition coefficient (Wildman–Crippen LogP) is 4.41. The Hall–Kier alpha value is -3.60.